The number of ether oxygens (including phenoxy) is 2. The van der Waals surface area contributed by atoms with E-state index in [1.54, 1.807) is 7.11 Å². The molecule has 1 aliphatic carbocycles. The molecule has 0 amide bonds. The number of nitrogens with one attached hydrogen (secondary N) is 2. The van der Waals surface area contributed by atoms with Crippen molar-refractivity contribution in [2.45, 2.75) is 58.0 Å². The van der Waals surface area contributed by atoms with E-state index in [4.69, 9.17) is 9.47 Å². The highest BCUT2D eigenvalue weighted by atomic mass is 16.5. The Hall–Kier alpha value is -0.850. The highest BCUT2D eigenvalue weighted by Gasteiger charge is 2.12. The Morgan fingerprint density at radius 1 is 1.08 bits per heavy atom. The molecule has 1 saturated carbocycles. The van der Waals surface area contributed by atoms with Gasteiger partial charge in [0.05, 0.1) is 19.3 Å². The van der Waals surface area contributed by atoms with Crippen LogP contribution in [0.15, 0.2) is 4.99 Å². The predicted octanol–water partition coefficient (Wildman–Crippen LogP) is 2.25. The summed E-state index contributed by atoms with van der Waals surface area (Å²) < 4.78 is 11.1. The van der Waals surface area contributed by atoms with E-state index in [0.717, 1.165) is 58.3 Å². The second-order valence-electron chi connectivity index (χ2n) is 6.82. The molecule has 6 nitrogen and oxygen atoms in total. The minimum Gasteiger partial charge on any atom is -0.385 e. The first-order valence-corrected chi connectivity index (χ1v) is 10.1. The molecule has 6 heteroatoms. The summed E-state index contributed by atoms with van der Waals surface area (Å²) in [6, 6.07) is 0. The molecule has 0 unspecified atom stereocenters. The van der Waals surface area contributed by atoms with E-state index in [-0.39, 0.29) is 0 Å². The first-order valence-electron chi connectivity index (χ1n) is 10.1. The lowest BCUT2D eigenvalue weighted by atomic mass is 10.1. The van der Waals surface area contributed by atoms with Crippen LogP contribution in [0.2, 0.25) is 0 Å². The van der Waals surface area contributed by atoms with E-state index in [9.17, 15) is 0 Å². The van der Waals surface area contributed by atoms with Gasteiger partial charge in [-0.2, -0.15) is 0 Å². The maximum absolute atomic E-state index is 6.02. The van der Waals surface area contributed by atoms with Crippen LogP contribution >= 0.6 is 0 Å². The third kappa shape index (κ3) is 12.2. The molecule has 1 rings (SSSR count). The van der Waals surface area contributed by atoms with Gasteiger partial charge >= 0.3 is 0 Å². The van der Waals surface area contributed by atoms with E-state index < -0.39 is 0 Å². The summed E-state index contributed by atoms with van der Waals surface area (Å²) in [5.74, 6) is 0.886. The van der Waals surface area contributed by atoms with Gasteiger partial charge < -0.3 is 25.0 Å². The number of methoxy groups -OCH3 is 1. The molecule has 0 aromatic heterocycles. The number of nitrogens with zero attached hydrogens (tertiary/aromatic N) is 2. The van der Waals surface area contributed by atoms with Gasteiger partial charge in [-0.15, -0.1) is 0 Å². The molecule has 0 heterocycles. The molecule has 148 valence electrons. The third-order valence-electron chi connectivity index (χ3n) is 4.53. The lowest BCUT2D eigenvalue weighted by Crippen LogP contribution is -2.40. The zero-order valence-corrected chi connectivity index (χ0v) is 16.7. The summed E-state index contributed by atoms with van der Waals surface area (Å²) in [7, 11) is 3.88. The van der Waals surface area contributed by atoms with Crippen molar-refractivity contribution in [2.75, 3.05) is 60.1 Å². The lowest BCUT2D eigenvalue weighted by Gasteiger charge is -2.17. The van der Waals surface area contributed by atoms with E-state index in [1.165, 1.54) is 38.5 Å². The van der Waals surface area contributed by atoms with Crippen molar-refractivity contribution in [3.8, 4) is 0 Å². The molecule has 25 heavy (non-hydrogen) atoms. The van der Waals surface area contributed by atoms with Gasteiger partial charge in [-0.05, 0) is 33.2 Å². The first-order chi connectivity index (χ1) is 12.3. The molecule has 0 bridgehead atoms. The monoisotopic (exact) mass is 356 g/mol. The third-order valence-corrected chi connectivity index (χ3v) is 4.53. The topological polar surface area (TPSA) is 58.1 Å². The van der Waals surface area contributed by atoms with Crippen LogP contribution < -0.4 is 10.6 Å². The minimum atomic E-state index is 0.463. The fraction of sp³-hybridized carbons (Fsp3) is 0.947. The second kappa shape index (κ2) is 15.4. The second-order valence-corrected chi connectivity index (χ2v) is 6.82. The first kappa shape index (κ1) is 22.2. The van der Waals surface area contributed by atoms with Crippen molar-refractivity contribution in [2.24, 2.45) is 4.99 Å². The summed E-state index contributed by atoms with van der Waals surface area (Å²) in [6.07, 6.45) is 9.36. The van der Waals surface area contributed by atoms with Crippen LogP contribution in [0.5, 0.6) is 0 Å². The number of hydrogen-bond acceptors (Lipinski definition) is 4. The largest absolute Gasteiger partial charge is 0.385 e. The van der Waals surface area contributed by atoms with Gasteiger partial charge in [0.15, 0.2) is 5.96 Å². The van der Waals surface area contributed by atoms with Gasteiger partial charge in [-0.3, -0.25) is 4.99 Å². The van der Waals surface area contributed by atoms with Crippen molar-refractivity contribution in [1.29, 1.82) is 0 Å². The quantitative estimate of drug-likeness (QED) is 0.243. The summed E-state index contributed by atoms with van der Waals surface area (Å²) in [5, 5.41) is 6.68. The fourth-order valence-corrected chi connectivity index (χ4v) is 3.07. The molecule has 0 atom stereocenters. The van der Waals surface area contributed by atoms with E-state index in [2.05, 4.69) is 34.5 Å². The summed E-state index contributed by atoms with van der Waals surface area (Å²) in [4.78, 5) is 6.94. The molecule has 1 fully saturated rings. The summed E-state index contributed by atoms with van der Waals surface area (Å²) >= 11 is 0. The van der Waals surface area contributed by atoms with Crippen molar-refractivity contribution in [3.05, 3.63) is 0 Å². The number of rotatable bonds is 12. The van der Waals surface area contributed by atoms with E-state index >= 15 is 0 Å². The normalized spacial score (nSPS) is 16.9. The Kier molecular flexibility index (Phi) is 13.7. The number of hydrogen-bond donors (Lipinski definition) is 2. The molecule has 0 saturated heterocycles. The van der Waals surface area contributed by atoms with Crippen molar-refractivity contribution >= 4 is 5.96 Å². The maximum Gasteiger partial charge on any atom is 0.191 e. The number of guanidine groups is 1. The van der Waals surface area contributed by atoms with Crippen molar-refractivity contribution in [3.63, 3.8) is 0 Å². The predicted molar refractivity (Wildman–Crippen MR) is 105 cm³/mol. The number of likely N-dealkylation sites (N-methyl/N-ethyl adjacent to an activating group) is 1. The lowest BCUT2D eigenvalue weighted by molar-refractivity contribution is 0.0468. The average molecular weight is 357 g/mol. The van der Waals surface area contributed by atoms with Gasteiger partial charge in [0.1, 0.15) is 0 Å². The molecule has 0 radical (unpaired) electrons. The Labute approximate surface area is 154 Å². The highest BCUT2D eigenvalue weighted by Crippen LogP contribution is 2.19. The average Bonchev–Trinajstić information content (AvgIpc) is 2.87. The van der Waals surface area contributed by atoms with Gasteiger partial charge in [0, 0.05) is 39.9 Å². The highest BCUT2D eigenvalue weighted by molar-refractivity contribution is 5.79. The summed E-state index contributed by atoms with van der Waals surface area (Å²) in [6.45, 7) is 8.15. The Morgan fingerprint density at radius 3 is 2.52 bits per heavy atom. The minimum absolute atomic E-state index is 0.463. The zero-order chi connectivity index (χ0) is 18.2. The van der Waals surface area contributed by atoms with Gasteiger partial charge in [0.2, 0.25) is 0 Å². The van der Waals surface area contributed by atoms with E-state index in [1.807, 2.05) is 0 Å². The molecular formula is C19H40N4O2. The van der Waals surface area contributed by atoms with Gasteiger partial charge in [-0.1, -0.05) is 25.7 Å². The molecule has 0 aromatic carbocycles. The van der Waals surface area contributed by atoms with Crippen LogP contribution in [0.3, 0.4) is 0 Å². The standard InChI is InChI=1S/C19H40N4O2/c1-4-20-19(21-12-15-23(2)14-9-16-24-3)22-13-17-25-18-10-7-5-6-8-11-18/h18H,4-17H2,1-3H3,(H2,20,21,22). The SMILES string of the molecule is CCNC(=NCCN(C)CCCOC)NCCOC1CCCCCC1. The van der Waals surface area contributed by atoms with Gasteiger partial charge in [0.25, 0.3) is 0 Å². The Balaban J connectivity index is 2.16. The smallest absolute Gasteiger partial charge is 0.191 e. The van der Waals surface area contributed by atoms with Crippen molar-refractivity contribution < 1.29 is 9.47 Å². The van der Waals surface area contributed by atoms with Crippen LogP contribution in [0, 0.1) is 0 Å². The molecule has 1 aliphatic rings. The maximum atomic E-state index is 6.02. The van der Waals surface area contributed by atoms with Crippen LogP contribution in [0.1, 0.15) is 51.9 Å². The summed E-state index contributed by atoms with van der Waals surface area (Å²) in [5.41, 5.74) is 0. The molecular weight excluding hydrogens is 316 g/mol. The molecule has 2 N–H and O–H groups in total. The molecule has 0 aromatic rings. The van der Waals surface area contributed by atoms with E-state index in [0.29, 0.717) is 6.10 Å². The number of aliphatic imine (C=N–C) groups is 1. The van der Waals surface area contributed by atoms with Crippen LogP contribution in [-0.2, 0) is 9.47 Å². The van der Waals surface area contributed by atoms with Crippen LogP contribution in [0.4, 0.5) is 0 Å². The molecule has 0 spiro atoms. The Morgan fingerprint density at radius 2 is 1.84 bits per heavy atom. The zero-order valence-electron chi connectivity index (χ0n) is 16.7. The van der Waals surface area contributed by atoms with Crippen LogP contribution in [0.25, 0.3) is 0 Å². The Bertz CT molecular complexity index is 331. The van der Waals surface area contributed by atoms with Crippen LogP contribution in [-0.4, -0.2) is 77.1 Å². The van der Waals surface area contributed by atoms with Crippen molar-refractivity contribution in [1.82, 2.24) is 15.5 Å². The molecule has 0 aliphatic heterocycles. The fourth-order valence-electron chi connectivity index (χ4n) is 3.07. The van der Waals surface area contributed by atoms with Gasteiger partial charge in [-0.25, -0.2) is 0 Å².